The molecule has 0 spiro atoms. The molecule has 0 aromatic heterocycles. The monoisotopic (exact) mass is 406 g/mol. The van der Waals surface area contributed by atoms with E-state index < -0.39 is 10.8 Å². The molecule has 0 unspecified atom stereocenters. The molecule has 0 aliphatic carbocycles. The van der Waals surface area contributed by atoms with Gasteiger partial charge in [0.25, 0.3) is 5.91 Å². The summed E-state index contributed by atoms with van der Waals surface area (Å²) in [7, 11) is 0. The summed E-state index contributed by atoms with van der Waals surface area (Å²) in [5, 5.41) is 13.8. The van der Waals surface area contributed by atoms with Crippen LogP contribution < -0.4 is 10.1 Å². The molecule has 7 nitrogen and oxygen atoms in total. The fraction of sp³-hybridized carbons (Fsp3) is 0.176. The van der Waals surface area contributed by atoms with E-state index in [0.717, 1.165) is 16.1 Å². The molecule has 2 rings (SSSR count). The standard InChI is InChI=1S/C17H15BrN2O5/c1-11(13-4-2-3-5-14(13)18)19-17(22)10-25-16-7-6-12(9-21)8-15(16)20(23)24/h2-9,11H,10H2,1H3,(H,19,22)/t11-/m1/s1. The highest BCUT2D eigenvalue weighted by Crippen LogP contribution is 2.27. The van der Waals surface area contributed by atoms with Crippen LogP contribution in [0.1, 0.15) is 28.9 Å². The van der Waals surface area contributed by atoms with Crippen LogP contribution in [0.25, 0.3) is 0 Å². The molecule has 0 aliphatic rings. The lowest BCUT2D eigenvalue weighted by Gasteiger charge is -2.16. The molecule has 8 heteroatoms. The normalized spacial score (nSPS) is 11.4. The number of rotatable bonds is 7. The van der Waals surface area contributed by atoms with Crippen molar-refractivity contribution in [2.45, 2.75) is 13.0 Å². The summed E-state index contributed by atoms with van der Waals surface area (Å²) >= 11 is 3.42. The summed E-state index contributed by atoms with van der Waals surface area (Å²) in [6.07, 6.45) is 0.503. The van der Waals surface area contributed by atoms with Gasteiger partial charge in [0.2, 0.25) is 0 Å². The molecule has 0 fully saturated rings. The van der Waals surface area contributed by atoms with Crippen molar-refractivity contribution in [2.24, 2.45) is 0 Å². The maximum absolute atomic E-state index is 12.0. The molecule has 0 radical (unpaired) electrons. The lowest BCUT2D eigenvalue weighted by atomic mass is 10.1. The van der Waals surface area contributed by atoms with Gasteiger partial charge in [0.1, 0.15) is 6.29 Å². The van der Waals surface area contributed by atoms with Gasteiger partial charge in [0.05, 0.1) is 11.0 Å². The number of nitro benzene ring substituents is 1. The molecule has 25 heavy (non-hydrogen) atoms. The first-order valence-electron chi connectivity index (χ1n) is 7.32. The first-order chi connectivity index (χ1) is 11.9. The summed E-state index contributed by atoms with van der Waals surface area (Å²) in [6, 6.07) is 11.0. The first-order valence-corrected chi connectivity index (χ1v) is 8.12. The van der Waals surface area contributed by atoms with Crippen molar-refractivity contribution >= 4 is 33.8 Å². The zero-order valence-electron chi connectivity index (χ0n) is 13.3. The maximum atomic E-state index is 12.0. The van der Waals surface area contributed by atoms with Crippen molar-refractivity contribution < 1.29 is 19.2 Å². The number of nitrogens with one attached hydrogen (secondary N) is 1. The molecule has 130 valence electrons. The molecule has 2 aromatic rings. The van der Waals surface area contributed by atoms with Crippen LogP contribution in [0.15, 0.2) is 46.9 Å². The number of hydrogen-bond donors (Lipinski definition) is 1. The third-order valence-electron chi connectivity index (χ3n) is 3.42. The second-order valence-electron chi connectivity index (χ2n) is 5.20. The minimum atomic E-state index is -0.663. The van der Waals surface area contributed by atoms with Crippen LogP contribution >= 0.6 is 15.9 Å². The lowest BCUT2D eigenvalue weighted by molar-refractivity contribution is -0.385. The number of benzene rings is 2. The van der Waals surface area contributed by atoms with Crippen LogP contribution in [0.5, 0.6) is 5.75 Å². The average molecular weight is 407 g/mol. The van der Waals surface area contributed by atoms with Gasteiger partial charge in [0.15, 0.2) is 12.4 Å². The van der Waals surface area contributed by atoms with Gasteiger partial charge in [-0.1, -0.05) is 34.1 Å². The highest BCUT2D eigenvalue weighted by molar-refractivity contribution is 9.10. The largest absolute Gasteiger partial charge is 0.477 e. The van der Waals surface area contributed by atoms with Crippen molar-refractivity contribution in [1.29, 1.82) is 0 Å². The molecule has 0 heterocycles. The summed E-state index contributed by atoms with van der Waals surface area (Å²) in [6.45, 7) is 1.44. The summed E-state index contributed by atoms with van der Waals surface area (Å²) < 4.78 is 6.11. The van der Waals surface area contributed by atoms with Crippen molar-refractivity contribution in [3.63, 3.8) is 0 Å². The Hall–Kier alpha value is -2.74. The third kappa shape index (κ3) is 4.87. The van der Waals surface area contributed by atoms with E-state index in [9.17, 15) is 19.7 Å². The summed E-state index contributed by atoms with van der Waals surface area (Å²) in [4.78, 5) is 33.1. The van der Waals surface area contributed by atoms with E-state index in [2.05, 4.69) is 21.2 Å². The van der Waals surface area contributed by atoms with Crippen LogP contribution in [0.4, 0.5) is 5.69 Å². The highest BCUT2D eigenvalue weighted by Gasteiger charge is 2.18. The minimum absolute atomic E-state index is 0.0701. The van der Waals surface area contributed by atoms with E-state index in [-0.39, 0.29) is 29.6 Å². The zero-order chi connectivity index (χ0) is 18.4. The van der Waals surface area contributed by atoms with E-state index in [1.165, 1.54) is 12.1 Å². The Kier molecular flexibility index (Phi) is 6.24. The summed E-state index contributed by atoms with van der Waals surface area (Å²) in [5.41, 5.74) is 0.694. The number of carbonyl (C=O) groups is 2. The van der Waals surface area contributed by atoms with Crippen LogP contribution in [0.2, 0.25) is 0 Å². The average Bonchev–Trinajstić information content (AvgIpc) is 2.60. The Morgan fingerprint density at radius 2 is 2.08 bits per heavy atom. The molecular formula is C17H15BrN2O5. The topological polar surface area (TPSA) is 98.5 Å². The molecule has 0 aliphatic heterocycles. The predicted molar refractivity (Wildman–Crippen MR) is 94.7 cm³/mol. The smallest absolute Gasteiger partial charge is 0.311 e. The number of nitrogens with zero attached hydrogens (tertiary/aromatic N) is 1. The van der Waals surface area contributed by atoms with Crippen molar-refractivity contribution in [3.8, 4) is 5.75 Å². The van der Waals surface area contributed by atoms with E-state index in [4.69, 9.17) is 4.74 Å². The molecule has 1 N–H and O–H groups in total. The fourth-order valence-electron chi connectivity index (χ4n) is 2.20. The van der Waals surface area contributed by atoms with Crippen LogP contribution in [-0.4, -0.2) is 23.7 Å². The van der Waals surface area contributed by atoms with Crippen LogP contribution in [0.3, 0.4) is 0 Å². The van der Waals surface area contributed by atoms with Gasteiger partial charge in [-0.3, -0.25) is 19.7 Å². The van der Waals surface area contributed by atoms with Crippen molar-refractivity contribution in [2.75, 3.05) is 6.61 Å². The predicted octanol–water partition coefficient (Wildman–Crippen LogP) is 3.43. The molecule has 0 saturated heterocycles. The molecule has 1 atom stereocenters. The number of halogens is 1. The maximum Gasteiger partial charge on any atom is 0.311 e. The van der Waals surface area contributed by atoms with Gasteiger partial charge in [-0.15, -0.1) is 0 Å². The number of nitro groups is 1. The first kappa shape index (κ1) is 18.6. The van der Waals surface area contributed by atoms with E-state index >= 15 is 0 Å². The number of ether oxygens (including phenoxy) is 1. The highest BCUT2D eigenvalue weighted by atomic mass is 79.9. The number of aldehydes is 1. The molecular weight excluding hydrogens is 392 g/mol. The van der Waals surface area contributed by atoms with Gasteiger partial charge in [-0.05, 0) is 30.7 Å². The SMILES string of the molecule is C[C@@H](NC(=O)COc1ccc(C=O)cc1[N+](=O)[O-])c1ccccc1Br. The van der Waals surface area contributed by atoms with Gasteiger partial charge in [0, 0.05) is 16.1 Å². The van der Waals surface area contributed by atoms with Gasteiger partial charge >= 0.3 is 5.69 Å². The number of amides is 1. The van der Waals surface area contributed by atoms with Gasteiger partial charge in [-0.2, -0.15) is 0 Å². The Morgan fingerprint density at radius 3 is 2.72 bits per heavy atom. The molecule has 1 amide bonds. The number of carbonyl (C=O) groups excluding carboxylic acids is 2. The molecule has 0 saturated carbocycles. The van der Waals surface area contributed by atoms with Gasteiger partial charge < -0.3 is 10.1 Å². The van der Waals surface area contributed by atoms with E-state index in [0.29, 0.717) is 6.29 Å². The second kappa shape index (κ2) is 8.39. The Morgan fingerprint density at radius 1 is 1.36 bits per heavy atom. The lowest BCUT2D eigenvalue weighted by Crippen LogP contribution is -2.31. The van der Waals surface area contributed by atoms with Crippen LogP contribution in [-0.2, 0) is 4.79 Å². The molecule has 0 bridgehead atoms. The fourth-order valence-corrected chi connectivity index (χ4v) is 2.83. The Bertz CT molecular complexity index is 809. The minimum Gasteiger partial charge on any atom is -0.477 e. The van der Waals surface area contributed by atoms with Crippen molar-refractivity contribution in [1.82, 2.24) is 5.32 Å². The Balaban J connectivity index is 2.02. The van der Waals surface area contributed by atoms with Crippen LogP contribution in [0, 0.1) is 10.1 Å². The molecule has 2 aromatic carbocycles. The number of hydrogen-bond acceptors (Lipinski definition) is 5. The van der Waals surface area contributed by atoms with Gasteiger partial charge in [-0.25, -0.2) is 0 Å². The zero-order valence-corrected chi connectivity index (χ0v) is 14.9. The third-order valence-corrected chi connectivity index (χ3v) is 4.15. The quantitative estimate of drug-likeness (QED) is 0.431. The Labute approximate surface area is 152 Å². The van der Waals surface area contributed by atoms with Crippen molar-refractivity contribution in [3.05, 3.63) is 68.2 Å². The van der Waals surface area contributed by atoms with E-state index in [1.807, 2.05) is 31.2 Å². The second-order valence-corrected chi connectivity index (χ2v) is 6.06. The summed E-state index contributed by atoms with van der Waals surface area (Å²) in [5.74, 6) is -0.490. The van der Waals surface area contributed by atoms with E-state index in [1.54, 1.807) is 0 Å².